The Morgan fingerprint density at radius 2 is 2.04 bits per heavy atom. The fraction of sp³-hybridized carbons (Fsp3) is 0.211. The summed E-state index contributed by atoms with van der Waals surface area (Å²) in [5, 5.41) is 0. The monoisotopic (exact) mass is 370 g/mol. The molecule has 0 amide bonds. The maximum absolute atomic E-state index is 12.2. The lowest BCUT2D eigenvalue weighted by Crippen LogP contribution is -2.17. The Hall–Kier alpha value is -2.80. The molecule has 3 aromatic rings. The molecule has 3 rings (SSSR count). The highest BCUT2D eigenvalue weighted by Gasteiger charge is 2.10. The van der Waals surface area contributed by atoms with E-state index in [-0.39, 0.29) is 12.2 Å². The minimum atomic E-state index is -0.989. The molecule has 134 valence electrons. The van der Waals surface area contributed by atoms with E-state index in [0.29, 0.717) is 22.7 Å². The molecule has 7 heteroatoms. The fourth-order valence-electron chi connectivity index (χ4n) is 2.58. The van der Waals surface area contributed by atoms with Gasteiger partial charge >= 0.3 is 5.97 Å². The molecular formula is C19H18N2O4S. The van der Waals surface area contributed by atoms with Crippen LogP contribution in [0.2, 0.25) is 0 Å². The quantitative estimate of drug-likeness (QED) is 0.644. The number of carbonyl (C=O) groups excluding carboxylic acids is 1. The number of benzene rings is 1. The van der Waals surface area contributed by atoms with Gasteiger partial charge in [-0.3, -0.25) is 13.4 Å². The Bertz CT molecular complexity index is 1060. The molecule has 26 heavy (non-hydrogen) atoms. The summed E-state index contributed by atoms with van der Waals surface area (Å²) < 4.78 is 18.0. The standard InChI is InChI=1S/C19H18N2O4S/c1-13-6-7-17-20-16(9-18(22)21(17)10-13)11-25-19(23)15-5-3-4-14(8-15)12-26(2)24/h3-10H,11-12H2,1-2H3/t26-/m1/s1. The molecule has 0 unspecified atom stereocenters. The Kier molecular flexibility index (Phi) is 5.27. The van der Waals surface area contributed by atoms with Gasteiger partial charge in [0.15, 0.2) is 0 Å². The van der Waals surface area contributed by atoms with Crippen LogP contribution in [0.5, 0.6) is 0 Å². The van der Waals surface area contributed by atoms with Crippen molar-refractivity contribution in [3.05, 3.63) is 81.4 Å². The largest absolute Gasteiger partial charge is 0.456 e. The lowest BCUT2D eigenvalue weighted by atomic mass is 10.1. The van der Waals surface area contributed by atoms with Gasteiger partial charge in [-0.25, -0.2) is 9.78 Å². The van der Waals surface area contributed by atoms with Gasteiger partial charge in [-0.05, 0) is 36.2 Å². The van der Waals surface area contributed by atoms with Crippen molar-refractivity contribution in [2.45, 2.75) is 19.3 Å². The lowest BCUT2D eigenvalue weighted by molar-refractivity contribution is 0.0467. The molecule has 0 aliphatic carbocycles. The van der Waals surface area contributed by atoms with Crippen LogP contribution in [0.4, 0.5) is 0 Å². The van der Waals surface area contributed by atoms with Crippen LogP contribution >= 0.6 is 0 Å². The van der Waals surface area contributed by atoms with Crippen molar-refractivity contribution in [3.63, 3.8) is 0 Å². The minimum absolute atomic E-state index is 0.0949. The molecule has 0 aliphatic rings. The second-order valence-corrected chi connectivity index (χ2v) is 7.45. The average Bonchev–Trinajstić information content (AvgIpc) is 2.60. The molecule has 0 N–H and O–H groups in total. The first-order chi connectivity index (χ1) is 12.4. The molecule has 0 radical (unpaired) electrons. The highest BCUT2D eigenvalue weighted by molar-refractivity contribution is 7.83. The fourth-order valence-corrected chi connectivity index (χ4v) is 3.23. The van der Waals surface area contributed by atoms with E-state index >= 15 is 0 Å². The molecule has 1 aromatic carbocycles. The number of ether oxygens (including phenoxy) is 1. The number of rotatable bonds is 5. The topological polar surface area (TPSA) is 77.7 Å². The van der Waals surface area contributed by atoms with Crippen molar-refractivity contribution in [1.82, 2.24) is 9.38 Å². The van der Waals surface area contributed by atoms with Gasteiger partial charge in [0.05, 0.1) is 11.3 Å². The van der Waals surface area contributed by atoms with Crippen molar-refractivity contribution in [2.75, 3.05) is 6.26 Å². The number of esters is 1. The smallest absolute Gasteiger partial charge is 0.338 e. The number of aromatic nitrogens is 2. The van der Waals surface area contributed by atoms with Gasteiger partial charge in [-0.1, -0.05) is 18.2 Å². The summed E-state index contributed by atoms with van der Waals surface area (Å²) >= 11 is 0. The maximum Gasteiger partial charge on any atom is 0.338 e. The Balaban J connectivity index is 1.75. The van der Waals surface area contributed by atoms with Crippen LogP contribution in [-0.2, 0) is 27.9 Å². The van der Waals surface area contributed by atoms with Crippen molar-refractivity contribution in [3.8, 4) is 0 Å². The first kappa shape index (κ1) is 18.0. The SMILES string of the molecule is Cc1ccc2nc(COC(=O)c3cccc(C[S@@](C)=O)c3)cc(=O)n2c1. The second-order valence-electron chi connectivity index (χ2n) is 6.01. The summed E-state index contributed by atoms with van der Waals surface area (Å²) in [7, 11) is -0.989. The number of hydrogen-bond acceptors (Lipinski definition) is 5. The number of pyridine rings is 1. The molecule has 2 heterocycles. The van der Waals surface area contributed by atoms with Crippen LogP contribution in [0.3, 0.4) is 0 Å². The molecule has 6 nitrogen and oxygen atoms in total. The van der Waals surface area contributed by atoms with E-state index in [1.165, 1.54) is 10.5 Å². The van der Waals surface area contributed by atoms with E-state index in [2.05, 4.69) is 4.98 Å². The number of nitrogens with zero attached hydrogens (tertiary/aromatic N) is 2. The molecule has 0 saturated heterocycles. The Labute approximate surface area is 152 Å². The van der Waals surface area contributed by atoms with Gasteiger partial charge in [0.1, 0.15) is 12.3 Å². The van der Waals surface area contributed by atoms with Crippen LogP contribution in [0.25, 0.3) is 5.65 Å². The summed E-state index contributed by atoms with van der Waals surface area (Å²) in [6, 6.07) is 11.8. The van der Waals surface area contributed by atoms with Gasteiger partial charge in [-0.15, -0.1) is 0 Å². The molecule has 0 saturated carbocycles. The zero-order valence-electron chi connectivity index (χ0n) is 14.5. The summed E-state index contributed by atoms with van der Waals surface area (Å²) in [6.07, 6.45) is 3.32. The van der Waals surface area contributed by atoms with Crippen molar-refractivity contribution >= 4 is 22.4 Å². The molecule has 0 bridgehead atoms. The minimum Gasteiger partial charge on any atom is -0.456 e. The maximum atomic E-state index is 12.2. The number of aryl methyl sites for hydroxylation is 1. The third kappa shape index (κ3) is 4.23. The first-order valence-corrected chi connectivity index (χ1v) is 9.70. The predicted molar refractivity (Wildman–Crippen MR) is 99.5 cm³/mol. The summed E-state index contributed by atoms with van der Waals surface area (Å²) in [5.74, 6) is -0.136. The van der Waals surface area contributed by atoms with E-state index in [9.17, 15) is 13.8 Å². The summed E-state index contributed by atoms with van der Waals surface area (Å²) in [6.45, 7) is 1.80. The average molecular weight is 370 g/mol. The van der Waals surface area contributed by atoms with Crippen LogP contribution in [-0.4, -0.2) is 25.8 Å². The van der Waals surface area contributed by atoms with E-state index in [1.54, 1.807) is 36.7 Å². The third-order valence-corrected chi connectivity index (χ3v) is 4.48. The third-order valence-electron chi connectivity index (χ3n) is 3.74. The lowest BCUT2D eigenvalue weighted by Gasteiger charge is -2.07. The van der Waals surface area contributed by atoms with E-state index in [4.69, 9.17) is 4.74 Å². The molecule has 2 aromatic heterocycles. The van der Waals surface area contributed by atoms with Gasteiger partial charge in [-0.2, -0.15) is 0 Å². The zero-order chi connectivity index (χ0) is 18.7. The number of carbonyl (C=O) groups is 1. The van der Waals surface area contributed by atoms with E-state index < -0.39 is 16.8 Å². The van der Waals surface area contributed by atoms with Crippen LogP contribution in [0, 0.1) is 6.92 Å². The molecule has 0 spiro atoms. The van der Waals surface area contributed by atoms with Crippen molar-refractivity contribution in [2.24, 2.45) is 0 Å². The van der Waals surface area contributed by atoms with Gasteiger partial charge in [0.25, 0.3) is 5.56 Å². The predicted octanol–water partition coefficient (Wildman–Crippen LogP) is 2.24. The molecular weight excluding hydrogens is 352 g/mol. The van der Waals surface area contributed by atoms with Crippen molar-refractivity contribution in [1.29, 1.82) is 0 Å². The molecule has 1 atom stereocenters. The van der Waals surface area contributed by atoms with Crippen LogP contribution in [0.1, 0.15) is 27.2 Å². The van der Waals surface area contributed by atoms with Gasteiger partial charge in [0, 0.05) is 35.1 Å². The first-order valence-electron chi connectivity index (χ1n) is 7.97. The second kappa shape index (κ2) is 7.61. The molecule has 0 aliphatic heterocycles. The normalized spacial score (nSPS) is 12.1. The highest BCUT2D eigenvalue weighted by atomic mass is 32.2. The van der Waals surface area contributed by atoms with Crippen molar-refractivity contribution < 1.29 is 13.7 Å². The Morgan fingerprint density at radius 1 is 1.23 bits per heavy atom. The van der Waals surface area contributed by atoms with Crippen LogP contribution in [0.15, 0.2) is 53.5 Å². The molecule has 0 fully saturated rings. The summed E-state index contributed by atoms with van der Waals surface area (Å²) in [5.41, 5.74) is 2.80. The highest BCUT2D eigenvalue weighted by Crippen LogP contribution is 2.10. The number of hydrogen-bond donors (Lipinski definition) is 0. The van der Waals surface area contributed by atoms with Gasteiger partial charge < -0.3 is 4.74 Å². The number of fused-ring (bicyclic) bond motifs is 1. The van der Waals surface area contributed by atoms with E-state index in [1.807, 2.05) is 19.1 Å². The van der Waals surface area contributed by atoms with E-state index in [0.717, 1.165) is 11.1 Å². The van der Waals surface area contributed by atoms with Crippen LogP contribution < -0.4 is 5.56 Å². The zero-order valence-corrected chi connectivity index (χ0v) is 15.3. The van der Waals surface area contributed by atoms with Gasteiger partial charge in [0.2, 0.25) is 0 Å². The summed E-state index contributed by atoms with van der Waals surface area (Å²) in [4.78, 5) is 28.8. The Morgan fingerprint density at radius 3 is 2.81 bits per heavy atom.